The molecule has 1 rings (SSSR count). The zero-order valence-corrected chi connectivity index (χ0v) is 27.7. The van der Waals surface area contributed by atoms with Crippen LogP contribution in [0.3, 0.4) is 0 Å². The lowest BCUT2D eigenvalue weighted by molar-refractivity contribution is -0.278. The second kappa shape index (κ2) is 20.2. The zero-order chi connectivity index (χ0) is 33.3. The fourth-order valence-electron chi connectivity index (χ4n) is 4.84. The molecular formula is C31H54N2O11. The zero-order valence-electron chi connectivity index (χ0n) is 27.7. The van der Waals surface area contributed by atoms with Gasteiger partial charge in [0.25, 0.3) is 0 Å². The standard InChI is InChI=1S/C31H54N2O11/c1-9-10-11-12-13-14-15-16-17-24(33-30(38)44-31(6,7)8)18-40-29-26(32-20(2)34)28(42-23(5)37)27(41-22(4)36)25(43-29)19-39-21(3)35/h24-29H,9-19H2,1-8H3,(H,32,34)(H,33,38)/t24-,25+,26+,27+,28+,29+/m0/s1. The van der Waals surface area contributed by atoms with Crippen molar-refractivity contribution in [1.29, 1.82) is 0 Å². The average molecular weight is 631 g/mol. The Morgan fingerprint density at radius 3 is 1.89 bits per heavy atom. The summed E-state index contributed by atoms with van der Waals surface area (Å²) in [6, 6.07) is -1.57. The van der Waals surface area contributed by atoms with Crippen LogP contribution in [-0.2, 0) is 47.6 Å². The van der Waals surface area contributed by atoms with E-state index in [1.54, 1.807) is 20.8 Å². The van der Waals surface area contributed by atoms with Gasteiger partial charge in [-0.2, -0.15) is 0 Å². The fourth-order valence-corrected chi connectivity index (χ4v) is 4.84. The minimum absolute atomic E-state index is 0.0399. The van der Waals surface area contributed by atoms with Crippen LogP contribution in [-0.4, -0.2) is 85.4 Å². The van der Waals surface area contributed by atoms with Crippen LogP contribution in [0.2, 0.25) is 0 Å². The number of amides is 2. The van der Waals surface area contributed by atoms with Gasteiger partial charge in [-0.05, 0) is 27.2 Å². The van der Waals surface area contributed by atoms with Gasteiger partial charge >= 0.3 is 24.0 Å². The molecule has 0 aromatic rings. The van der Waals surface area contributed by atoms with Gasteiger partial charge in [0.15, 0.2) is 18.5 Å². The van der Waals surface area contributed by atoms with E-state index >= 15 is 0 Å². The molecule has 44 heavy (non-hydrogen) atoms. The summed E-state index contributed by atoms with van der Waals surface area (Å²) >= 11 is 0. The van der Waals surface area contributed by atoms with Crippen LogP contribution >= 0.6 is 0 Å². The first-order valence-electron chi connectivity index (χ1n) is 15.6. The van der Waals surface area contributed by atoms with Crippen molar-refractivity contribution >= 4 is 29.9 Å². The number of esters is 3. The van der Waals surface area contributed by atoms with E-state index in [1.165, 1.54) is 53.4 Å². The Labute approximate surface area is 261 Å². The molecule has 1 heterocycles. The van der Waals surface area contributed by atoms with E-state index in [9.17, 15) is 24.0 Å². The van der Waals surface area contributed by atoms with Gasteiger partial charge in [0, 0.05) is 27.7 Å². The predicted octanol–water partition coefficient (Wildman–Crippen LogP) is 4.08. The van der Waals surface area contributed by atoms with Gasteiger partial charge in [-0.3, -0.25) is 19.2 Å². The van der Waals surface area contributed by atoms with Crippen LogP contribution in [0.5, 0.6) is 0 Å². The number of carbonyl (C=O) groups excluding carboxylic acids is 5. The van der Waals surface area contributed by atoms with Gasteiger partial charge in [0.1, 0.15) is 24.4 Å². The molecule has 2 N–H and O–H groups in total. The molecule has 6 atom stereocenters. The molecule has 1 aliphatic rings. The van der Waals surface area contributed by atoms with E-state index in [-0.39, 0.29) is 13.2 Å². The highest BCUT2D eigenvalue weighted by Crippen LogP contribution is 2.28. The number of rotatable bonds is 18. The second-order valence-corrected chi connectivity index (χ2v) is 12.2. The van der Waals surface area contributed by atoms with Gasteiger partial charge in [-0.1, -0.05) is 58.3 Å². The van der Waals surface area contributed by atoms with E-state index in [4.69, 9.17) is 28.4 Å². The maximum atomic E-state index is 12.7. The number of carbonyl (C=O) groups is 5. The highest BCUT2D eigenvalue weighted by Gasteiger charge is 2.51. The molecule has 0 spiro atoms. The Hall–Kier alpha value is -2.93. The summed E-state index contributed by atoms with van der Waals surface area (Å²) in [5, 5.41) is 5.54. The summed E-state index contributed by atoms with van der Waals surface area (Å²) in [7, 11) is 0. The molecule has 0 aromatic carbocycles. The number of ether oxygens (including phenoxy) is 6. The van der Waals surface area contributed by atoms with Gasteiger partial charge < -0.3 is 39.1 Å². The van der Waals surface area contributed by atoms with Crippen molar-refractivity contribution in [2.75, 3.05) is 13.2 Å². The molecule has 1 fully saturated rings. The molecule has 0 aromatic heterocycles. The van der Waals surface area contributed by atoms with Crippen molar-refractivity contribution < 1.29 is 52.4 Å². The van der Waals surface area contributed by atoms with E-state index in [0.29, 0.717) is 6.42 Å². The van der Waals surface area contributed by atoms with Gasteiger partial charge in [-0.15, -0.1) is 0 Å². The molecule has 0 aliphatic carbocycles. The van der Waals surface area contributed by atoms with E-state index in [2.05, 4.69) is 17.6 Å². The third kappa shape index (κ3) is 16.8. The van der Waals surface area contributed by atoms with E-state index in [1.807, 2.05) is 0 Å². The van der Waals surface area contributed by atoms with Crippen molar-refractivity contribution in [3.8, 4) is 0 Å². The topological polar surface area (TPSA) is 165 Å². The molecule has 254 valence electrons. The van der Waals surface area contributed by atoms with Crippen molar-refractivity contribution in [1.82, 2.24) is 10.6 Å². The van der Waals surface area contributed by atoms with Crippen LogP contribution < -0.4 is 10.6 Å². The number of hydrogen-bond donors (Lipinski definition) is 2. The van der Waals surface area contributed by atoms with Gasteiger partial charge in [0.2, 0.25) is 5.91 Å². The maximum Gasteiger partial charge on any atom is 0.407 e. The summed E-state index contributed by atoms with van der Waals surface area (Å²) in [5.74, 6) is -2.48. The molecule has 0 saturated carbocycles. The molecular weight excluding hydrogens is 576 g/mol. The smallest absolute Gasteiger partial charge is 0.407 e. The average Bonchev–Trinajstić information content (AvgIpc) is 2.88. The van der Waals surface area contributed by atoms with E-state index in [0.717, 1.165) is 25.7 Å². The van der Waals surface area contributed by atoms with Crippen LogP contribution in [0.1, 0.15) is 113 Å². The third-order valence-electron chi connectivity index (χ3n) is 6.66. The second-order valence-electron chi connectivity index (χ2n) is 12.2. The molecule has 13 nitrogen and oxygen atoms in total. The van der Waals surface area contributed by atoms with Gasteiger partial charge in [0.05, 0.1) is 12.6 Å². The number of nitrogens with one attached hydrogen (secondary N) is 2. The summed E-state index contributed by atoms with van der Waals surface area (Å²) in [5.41, 5.74) is -0.704. The summed E-state index contributed by atoms with van der Waals surface area (Å²) in [4.78, 5) is 60.5. The van der Waals surface area contributed by atoms with Crippen LogP contribution in [0.15, 0.2) is 0 Å². The molecule has 0 unspecified atom stereocenters. The third-order valence-corrected chi connectivity index (χ3v) is 6.66. The Kier molecular flexibility index (Phi) is 17.9. The molecule has 1 aliphatic heterocycles. The normalized spacial score (nSPS) is 22.3. The van der Waals surface area contributed by atoms with Crippen molar-refractivity contribution in [2.45, 2.75) is 155 Å². The lowest BCUT2D eigenvalue weighted by Gasteiger charge is -2.45. The molecule has 0 radical (unpaired) electrons. The maximum absolute atomic E-state index is 12.7. The van der Waals surface area contributed by atoms with Gasteiger partial charge in [-0.25, -0.2) is 4.79 Å². The fraction of sp³-hybridized carbons (Fsp3) is 0.839. The molecule has 0 bridgehead atoms. The minimum Gasteiger partial charge on any atom is -0.463 e. The monoisotopic (exact) mass is 630 g/mol. The highest BCUT2D eigenvalue weighted by molar-refractivity contribution is 5.73. The largest absolute Gasteiger partial charge is 0.463 e. The van der Waals surface area contributed by atoms with Crippen LogP contribution in [0, 0.1) is 0 Å². The lowest BCUT2D eigenvalue weighted by atomic mass is 9.96. The predicted molar refractivity (Wildman–Crippen MR) is 160 cm³/mol. The van der Waals surface area contributed by atoms with Crippen molar-refractivity contribution in [3.63, 3.8) is 0 Å². The molecule has 2 amide bonds. The Morgan fingerprint density at radius 2 is 1.36 bits per heavy atom. The Balaban J connectivity index is 3.15. The first-order valence-corrected chi connectivity index (χ1v) is 15.6. The summed E-state index contributed by atoms with van der Waals surface area (Å²) in [6.45, 7) is 11.9. The first-order chi connectivity index (χ1) is 20.6. The number of alkyl carbamates (subject to hydrolysis) is 1. The lowest BCUT2D eigenvalue weighted by Crippen LogP contribution is -2.66. The number of hydrogen-bond acceptors (Lipinski definition) is 11. The molecule has 13 heteroatoms. The van der Waals surface area contributed by atoms with Crippen molar-refractivity contribution in [3.05, 3.63) is 0 Å². The van der Waals surface area contributed by atoms with Crippen molar-refractivity contribution in [2.24, 2.45) is 0 Å². The summed E-state index contributed by atoms with van der Waals surface area (Å²) < 4.78 is 33.7. The Morgan fingerprint density at radius 1 is 0.795 bits per heavy atom. The molecule has 1 saturated heterocycles. The number of unbranched alkanes of at least 4 members (excludes halogenated alkanes) is 7. The highest BCUT2D eigenvalue weighted by atomic mass is 16.7. The quantitative estimate of drug-likeness (QED) is 0.127. The minimum atomic E-state index is -1.23. The first kappa shape index (κ1) is 39.1. The van der Waals surface area contributed by atoms with Crippen LogP contribution in [0.25, 0.3) is 0 Å². The van der Waals surface area contributed by atoms with E-state index < -0.39 is 72.2 Å². The van der Waals surface area contributed by atoms with Crippen LogP contribution in [0.4, 0.5) is 4.79 Å². The Bertz CT molecular complexity index is 921. The summed E-state index contributed by atoms with van der Waals surface area (Å²) in [6.07, 6.45) is 4.13. The SMILES string of the molecule is CCCCCCCCCC[C@@H](CO[C@@H]1O[C@H](COC(C)=O)[C@@H](OC(C)=O)[C@H](OC(C)=O)[C@H]1NC(C)=O)NC(=O)OC(C)(C)C.